The number of hydrazone groups is 1. The summed E-state index contributed by atoms with van der Waals surface area (Å²) in [5.41, 5.74) is 5.96. The maximum absolute atomic E-state index is 11.6. The van der Waals surface area contributed by atoms with Crippen LogP contribution in [0.25, 0.3) is 0 Å². The van der Waals surface area contributed by atoms with E-state index in [4.69, 9.17) is 22.0 Å². The lowest BCUT2D eigenvalue weighted by Crippen LogP contribution is -2.53. The molecule has 1 aliphatic carbocycles. The summed E-state index contributed by atoms with van der Waals surface area (Å²) in [7, 11) is 0. The van der Waals surface area contributed by atoms with Gasteiger partial charge in [-0.1, -0.05) is 19.8 Å². The first-order valence-corrected chi connectivity index (χ1v) is 7.00. The fourth-order valence-corrected chi connectivity index (χ4v) is 2.83. The van der Waals surface area contributed by atoms with Crippen molar-refractivity contribution in [3.63, 3.8) is 0 Å². The van der Waals surface area contributed by atoms with Gasteiger partial charge in [0.15, 0.2) is 0 Å². The Morgan fingerprint density at radius 2 is 2.25 bits per heavy atom. The average Bonchev–Trinajstić information content (AvgIpc) is 2.41. The number of hydrazine groups is 1. The van der Waals surface area contributed by atoms with Gasteiger partial charge in [0.2, 0.25) is 5.91 Å². The molecule has 0 bridgehead atoms. The van der Waals surface area contributed by atoms with Crippen LogP contribution in [-0.2, 0) is 4.79 Å². The highest BCUT2D eigenvalue weighted by Gasteiger charge is 2.34. The molecule has 1 heterocycles. The maximum atomic E-state index is 11.6. The van der Waals surface area contributed by atoms with E-state index in [9.17, 15) is 4.79 Å². The molecule has 1 saturated carbocycles. The van der Waals surface area contributed by atoms with E-state index in [2.05, 4.69) is 12.0 Å². The second-order valence-corrected chi connectivity index (χ2v) is 5.52. The fraction of sp³-hybridized carbons (Fsp3) is 0.692. The summed E-state index contributed by atoms with van der Waals surface area (Å²) in [4.78, 5) is 16.3. The zero-order valence-electron chi connectivity index (χ0n) is 11.7. The number of aliphatic imine (C=N–C) groups is 1. The SMILES string of the molecule is CC1CCCCC1N=C1C(C(N)=O)C=NN(N)C1C=N. The van der Waals surface area contributed by atoms with Gasteiger partial charge in [-0.3, -0.25) is 9.79 Å². The van der Waals surface area contributed by atoms with E-state index >= 15 is 0 Å². The minimum Gasteiger partial charge on any atom is -0.369 e. The van der Waals surface area contributed by atoms with Crippen molar-refractivity contribution < 1.29 is 4.79 Å². The predicted octanol–water partition coefficient (Wildman–Crippen LogP) is 0.301. The molecule has 0 aromatic rings. The molecule has 2 rings (SSSR count). The lowest BCUT2D eigenvalue weighted by molar-refractivity contribution is -0.118. The Labute approximate surface area is 118 Å². The van der Waals surface area contributed by atoms with Gasteiger partial charge in [-0.05, 0) is 18.8 Å². The molecule has 4 unspecified atom stereocenters. The lowest BCUT2D eigenvalue weighted by atomic mass is 9.85. The van der Waals surface area contributed by atoms with E-state index in [1.807, 2.05) is 0 Å². The van der Waals surface area contributed by atoms with Crippen molar-refractivity contribution in [3.8, 4) is 0 Å². The van der Waals surface area contributed by atoms with Crippen molar-refractivity contribution in [2.45, 2.75) is 44.7 Å². The van der Waals surface area contributed by atoms with Gasteiger partial charge in [0.05, 0.1) is 11.8 Å². The summed E-state index contributed by atoms with van der Waals surface area (Å²) in [6.07, 6.45) is 7.07. The number of carbonyl (C=O) groups excluding carboxylic acids is 1. The smallest absolute Gasteiger partial charge is 0.231 e. The first-order valence-electron chi connectivity index (χ1n) is 7.00. The number of carbonyl (C=O) groups is 1. The fourth-order valence-electron chi connectivity index (χ4n) is 2.83. The van der Waals surface area contributed by atoms with Gasteiger partial charge in [0.25, 0.3) is 0 Å². The van der Waals surface area contributed by atoms with Crippen LogP contribution in [0.15, 0.2) is 10.1 Å². The zero-order valence-corrected chi connectivity index (χ0v) is 11.7. The van der Waals surface area contributed by atoms with Gasteiger partial charge in [-0.2, -0.15) is 5.10 Å². The molecule has 1 amide bonds. The molecular formula is C13H22N6O. The highest BCUT2D eigenvalue weighted by atomic mass is 16.1. The van der Waals surface area contributed by atoms with Crippen molar-refractivity contribution in [1.29, 1.82) is 5.41 Å². The van der Waals surface area contributed by atoms with Gasteiger partial charge < -0.3 is 11.1 Å². The van der Waals surface area contributed by atoms with E-state index in [1.54, 1.807) is 0 Å². The summed E-state index contributed by atoms with van der Waals surface area (Å²) in [6.45, 7) is 2.17. The van der Waals surface area contributed by atoms with Crippen LogP contribution in [0.2, 0.25) is 0 Å². The highest BCUT2D eigenvalue weighted by molar-refractivity contribution is 6.21. The van der Waals surface area contributed by atoms with E-state index in [-0.39, 0.29) is 6.04 Å². The lowest BCUT2D eigenvalue weighted by Gasteiger charge is -2.32. The molecule has 0 spiro atoms. The van der Waals surface area contributed by atoms with Gasteiger partial charge >= 0.3 is 0 Å². The molecule has 20 heavy (non-hydrogen) atoms. The van der Waals surface area contributed by atoms with Crippen molar-refractivity contribution >= 4 is 24.0 Å². The Kier molecular flexibility index (Phi) is 4.49. The third-order valence-electron chi connectivity index (χ3n) is 4.10. The molecule has 2 aliphatic rings. The Hall–Kier alpha value is -1.76. The molecular weight excluding hydrogens is 256 g/mol. The number of nitrogens with one attached hydrogen (secondary N) is 1. The first kappa shape index (κ1) is 14.6. The molecule has 1 aliphatic heterocycles. The Morgan fingerprint density at radius 1 is 1.55 bits per heavy atom. The number of nitrogens with zero attached hydrogens (tertiary/aromatic N) is 3. The Balaban J connectivity index is 2.33. The molecule has 0 aromatic heterocycles. The normalized spacial score (nSPS) is 36.1. The van der Waals surface area contributed by atoms with Crippen LogP contribution in [0.4, 0.5) is 0 Å². The number of hydrogen-bond donors (Lipinski definition) is 3. The van der Waals surface area contributed by atoms with E-state index < -0.39 is 17.9 Å². The van der Waals surface area contributed by atoms with Crippen LogP contribution in [0.5, 0.6) is 0 Å². The predicted molar refractivity (Wildman–Crippen MR) is 78.6 cm³/mol. The third-order valence-corrected chi connectivity index (χ3v) is 4.10. The van der Waals surface area contributed by atoms with Crippen LogP contribution in [-0.4, -0.2) is 41.2 Å². The summed E-state index contributed by atoms with van der Waals surface area (Å²) in [6, 6.07) is -0.422. The summed E-state index contributed by atoms with van der Waals surface area (Å²) in [5, 5.41) is 12.6. The van der Waals surface area contributed by atoms with Crippen LogP contribution in [0.1, 0.15) is 32.6 Å². The van der Waals surface area contributed by atoms with Crippen molar-refractivity contribution in [1.82, 2.24) is 5.12 Å². The van der Waals surface area contributed by atoms with Crippen LogP contribution in [0, 0.1) is 17.2 Å². The molecule has 0 saturated heterocycles. The average molecular weight is 278 g/mol. The second-order valence-electron chi connectivity index (χ2n) is 5.52. The Morgan fingerprint density at radius 3 is 2.85 bits per heavy atom. The number of nitrogens with two attached hydrogens (primary N) is 2. The van der Waals surface area contributed by atoms with Crippen LogP contribution >= 0.6 is 0 Å². The monoisotopic (exact) mass is 278 g/mol. The largest absolute Gasteiger partial charge is 0.369 e. The Bertz CT molecular complexity index is 446. The molecule has 7 heteroatoms. The molecule has 1 fully saturated rings. The summed E-state index contributed by atoms with van der Waals surface area (Å²) < 4.78 is 0. The topological polar surface area (TPSA) is 121 Å². The number of primary amides is 1. The van der Waals surface area contributed by atoms with Gasteiger partial charge in [-0.15, -0.1) is 0 Å². The maximum Gasteiger partial charge on any atom is 0.231 e. The van der Waals surface area contributed by atoms with Gasteiger partial charge in [-0.25, -0.2) is 11.0 Å². The quantitative estimate of drug-likeness (QED) is 0.508. The number of rotatable bonds is 3. The van der Waals surface area contributed by atoms with Crippen molar-refractivity contribution in [3.05, 3.63) is 0 Å². The van der Waals surface area contributed by atoms with Crippen molar-refractivity contribution in [2.75, 3.05) is 0 Å². The third kappa shape index (κ3) is 2.87. The number of hydrogen-bond acceptors (Lipinski definition) is 6. The van der Waals surface area contributed by atoms with E-state index in [1.165, 1.54) is 12.6 Å². The molecule has 7 nitrogen and oxygen atoms in total. The molecule has 110 valence electrons. The number of amides is 1. The first-order chi connectivity index (χ1) is 9.54. The highest BCUT2D eigenvalue weighted by Crippen LogP contribution is 2.27. The van der Waals surface area contributed by atoms with Crippen molar-refractivity contribution in [2.24, 2.45) is 33.5 Å². The summed E-state index contributed by atoms with van der Waals surface area (Å²) >= 11 is 0. The van der Waals surface area contributed by atoms with E-state index in [0.717, 1.165) is 30.6 Å². The standard InChI is InChI=1S/C13H22N6O/c1-8-4-2-3-5-10(8)18-12-9(13(15)20)7-17-19(16)11(12)6-14/h6-11,14H,2-5,16H2,1H3,(H2,15,20). The van der Waals surface area contributed by atoms with Crippen LogP contribution < -0.4 is 11.6 Å². The molecule has 0 aromatic carbocycles. The van der Waals surface area contributed by atoms with Gasteiger partial charge in [0, 0.05) is 12.4 Å². The minimum absolute atomic E-state index is 0.169. The molecule has 4 atom stereocenters. The molecule has 5 N–H and O–H groups in total. The zero-order chi connectivity index (χ0) is 14.7. The minimum atomic E-state index is -0.671. The van der Waals surface area contributed by atoms with E-state index in [0.29, 0.717) is 11.6 Å². The second kappa shape index (κ2) is 6.13. The molecule has 0 radical (unpaired) electrons. The van der Waals surface area contributed by atoms with Crippen LogP contribution in [0.3, 0.4) is 0 Å². The summed E-state index contributed by atoms with van der Waals surface area (Å²) in [5.74, 6) is 5.03. The van der Waals surface area contributed by atoms with Gasteiger partial charge in [0.1, 0.15) is 12.0 Å².